The van der Waals surface area contributed by atoms with Gasteiger partial charge < -0.3 is 4.52 Å². The van der Waals surface area contributed by atoms with Gasteiger partial charge in [-0.05, 0) is 31.2 Å². The van der Waals surface area contributed by atoms with E-state index >= 15 is 0 Å². The van der Waals surface area contributed by atoms with Gasteiger partial charge in [0.15, 0.2) is 5.78 Å². The van der Waals surface area contributed by atoms with Crippen molar-refractivity contribution in [3.8, 4) is 11.3 Å². The lowest BCUT2D eigenvalue weighted by Crippen LogP contribution is -2.10. The van der Waals surface area contributed by atoms with Gasteiger partial charge in [0, 0.05) is 21.7 Å². The third-order valence-corrected chi connectivity index (χ3v) is 4.84. The van der Waals surface area contributed by atoms with Crippen LogP contribution in [0, 0.1) is 6.92 Å². The van der Waals surface area contributed by atoms with Crippen molar-refractivity contribution in [2.24, 2.45) is 0 Å². The molecular weight excluding hydrogens is 386 g/mol. The molecular formula is C24H16ClNO3. The predicted molar refractivity (Wildman–Crippen MR) is 111 cm³/mol. The molecule has 4 nitrogen and oxygen atoms in total. The van der Waals surface area contributed by atoms with E-state index in [4.69, 9.17) is 16.1 Å². The minimum Gasteiger partial charge on any atom is -0.351 e. The SMILES string of the molecule is Cc1ccc(C(=O)c2c(-c3ccccc3)noc2C(=O)c2ccc(Cl)cc2)cc1. The third kappa shape index (κ3) is 3.75. The van der Waals surface area contributed by atoms with Crippen molar-refractivity contribution in [2.75, 3.05) is 0 Å². The number of ketones is 2. The van der Waals surface area contributed by atoms with Gasteiger partial charge in [0.2, 0.25) is 11.5 Å². The summed E-state index contributed by atoms with van der Waals surface area (Å²) in [6.07, 6.45) is 0. The van der Waals surface area contributed by atoms with Gasteiger partial charge in [0.05, 0.1) is 0 Å². The molecule has 0 saturated carbocycles. The lowest BCUT2D eigenvalue weighted by molar-refractivity contribution is 0.0978. The Labute approximate surface area is 172 Å². The Bertz CT molecular complexity index is 1180. The van der Waals surface area contributed by atoms with Crippen molar-refractivity contribution in [3.05, 3.63) is 112 Å². The van der Waals surface area contributed by atoms with Crippen molar-refractivity contribution in [1.82, 2.24) is 5.16 Å². The van der Waals surface area contributed by atoms with E-state index in [0.29, 0.717) is 27.4 Å². The minimum absolute atomic E-state index is 0.0863. The predicted octanol–water partition coefficient (Wildman–Crippen LogP) is 5.77. The fourth-order valence-electron chi connectivity index (χ4n) is 3.03. The molecule has 5 heteroatoms. The van der Waals surface area contributed by atoms with Gasteiger partial charge in [-0.25, -0.2) is 0 Å². The number of aromatic nitrogens is 1. The number of halogens is 1. The van der Waals surface area contributed by atoms with Crippen LogP contribution in [0.25, 0.3) is 11.3 Å². The topological polar surface area (TPSA) is 60.2 Å². The standard InChI is InChI=1S/C24H16ClNO3/c1-15-7-9-17(10-8-15)22(27)20-21(16-5-3-2-4-6-16)26-29-24(20)23(28)18-11-13-19(25)14-12-18/h2-14H,1H3. The summed E-state index contributed by atoms with van der Waals surface area (Å²) in [5, 5.41) is 4.59. The van der Waals surface area contributed by atoms with E-state index in [0.717, 1.165) is 5.56 Å². The Morgan fingerprint density at radius 3 is 2.03 bits per heavy atom. The number of carbonyl (C=O) groups excluding carboxylic acids is 2. The third-order valence-electron chi connectivity index (χ3n) is 4.59. The van der Waals surface area contributed by atoms with Gasteiger partial charge in [-0.3, -0.25) is 9.59 Å². The van der Waals surface area contributed by atoms with E-state index in [-0.39, 0.29) is 17.1 Å². The molecule has 3 aromatic carbocycles. The summed E-state index contributed by atoms with van der Waals surface area (Å²) in [5.74, 6) is -0.828. The number of hydrogen-bond donors (Lipinski definition) is 0. The Morgan fingerprint density at radius 1 is 0.793 bits per heavy atom. The van der Waals surface area contributed by atoms with Crippen LogP contribution in [0.2, 0.25) is 5.02 Å². The second-order valence-corrected chi connectivity index (χ2v) is 7.07. The molecule has 0 fully saturated rings. The quantitative estimate of drug-likeness (QED) is 0.398. The van der Waals surface area contributed by atoms with Crippen LogP contribution < -0.4 is 0 Å². The monoisotopic (exact) mass is 401 g/mol. The number of aryl methyl sites for hydroxylation is 1. The Hall–Kier alpha value is -3.50. The first kappa shape index (κ1) is 18.8. The van der Waals surface area contributed by atoms with E-state index in [2.05, 4.69) is 5.16 Å². The average Bonchev–Trinajstić information content (AvgIpc) is 3.19. The molecule has 0 aliphatic rings. The van der Waals surface area contributed by atoms with Crippen LogP contribution in [0.1, 0.15) is 37.6 Å². The molecule has 0 bridgehead atoms. The molecule has 0 saturated heterocycles. The van der Waals surface area contributed by atoms with Gasteiger partial charge in [-0.15, -0.1) is 0 Å². The lowest BCUT2D eigenvalue weighted by Gasteiger charge is -2.05. The highest BCUT2D eigenvalue weighted by Crippen LogP contribution is 2.29. The van der Waals surface area contributed by atoms with Crippen molar-refractivity contribution in [2.45, 2.75) is 6.92 Å². The van der Waals surface area contributed by atoms with Crippen LogP contribution in [0.3, 0.4) is 0 Å². The second kappa shape index (κ2) is 7.86. The Kier molecular flexibility index (Phi) is 5.10. The number of carbonyl (C=O) groups is 2. The highest BCUT2D eigenvalue weighted by molar-refractivity contribution is 6.30. The number of benzene rings is 3. The molecule has 4 aromatic rings. The molecule has 1 aromatic heterocycles. The van der Waals surface area contributed by atoms with Crippen LogP contribution >= 0.6 is 11.6 Å². The summed E-state index contributed by atoms with van der Waals surface area (Å²) in [5.41, 5.74) is 3.05. The molecule has 4 rings (SSSR count). The van der Waals surface area contributed by atoms with Crippen molar-refractivity contribution in [1.29, 1.82) is 0 Å². The minimum atomic E-state index is -0.424. The fraction of sp³-hybridized carbons (Fsp3) is 0.0417. The summed E-state index contributed by atoms with van der Waals surface area (Å²) in [6.45, 7) is 1.94. The largest absolute Gasteiger partial charge is 0.351 e. The first-order chi connectivity index (χ1) is 14.0. The van der Waals surface area contributed by atoms with Crippen molar-refractivity contribution in [3.63, 3.8) is 0 Å². The zero-order chi connectivity index (χ0) is 20.4. The molecule has 0 spiro atoms. The normalized spacial score (nSPS) is 10.7. The molecule has 0 N–H and O–H groups in total. The van der Waals surface area contributed by atoms with Crippen LogP contribution in [0.15, 0.2) is 83.4 Å². The molecule has 0 unspecified atom stereocenters. The lowest BCUT2D eigenvalue weighted by atomic mass is 9.95. The van der Waals surface area contributed by atoms with E-state index in [1.165, 1.54) is 0 Å². The number of hydrogen-bond acceptors (Lipinski definition) is 4. The maximum absolute atomic E-state index is 13.4. The van der Waals surface area contributed by atoms with Crippen LogP contribution in [-0.4, -0.2) is 16.7 Å². The molecule has 0 aliphatic heterocycles. The number of rotatable bonds is 5. The summed E-state index contributed by atoms with van der Waals surface area (Å²) in [6, 6.07) is 22.8. The van der Waals surface area contributed by atoms with E-state index in [1.54, 1.807) is 36.4 Å². The van der Waals surface area contributed by atoms with E-state index in [1.807, 2.05) is 49.4 Å². The van der Waals surface area contributed by atoms with Gasteiger partial charge in [-0.2, -0.15) is 0 Å². The molecule has 0 atom stereocenters. The van der Waals surface area contributed by atoms with Crippen LogP contribution in [-0.2, 0) is 0 Å². The molecule has 0 amide bonds. The zero-order valence-electron chi connectivity index (χ0n) is 15.6. The maximum Gasteiger partial charge on any atom is 0.231 e. The Morgan fingerprint density at radius 2 is 1.38 bits per heavy atom. The van der Waals surface area contributed by atoms with Crippen LogP contribution in [0.4, 0.5) is 0 Å². The van der Waals surface area contributed by atoms with Gasteiger partial charge in [0.1, 0.15) is 11.3 Å². The summed E-state index contributed by atoms with van der Waals surface area (Å²) in [4.78, 5) is 26.4. The maximum atomic E-state index is 13.4. The average molecular weight is 402 g/mol. The smallest absolute Gasteiger partial charge is 0.231 e. The first-order valence-electron chi connectivity index (χ1n) is 9.01. The van der Waals surface area contributed by atoms with E-state index < -0.39 is 5.78 Å². The summed E-state index contributed by atoms with van der Waals surface area (Å²) >= 11 is 5.92. The molecule has 1 heterocycles. The zero-order valence-corrected chi connectivity index (χ0v) is 16.3. The Balaban J connectivity index is 1.86. The van der Waals surface area contributed by atoms with Gasteiger partial charge in [0.25, 0.3) is 0 Å². The highest BCUT2D eigenvalue weighted by Gasteiger charge is 2.29. The molecule has 0 radical (unpaired) electrons. The molecule has 29 heavy (non-hydrogen) atoms. The summed E-state index contributed by atoms with van der Waals surface area (Å²) in [7, 11) is 0. The summed E-state index contributed by atoms with van der Waals surface area (Å²) < 4.78 is 5.41. The van der Waals surface area contributed by atoms with Crippen LogP contribution in [0.5, 0.6) is 0 Å². The van der Waals surface area contributed by atoms with Crippen molar-refractivity contribution < 1.29 is 14.1 Å². The van der Waals surface area contributed by atoms with Gasteiger partial charge >= 0.3 is 0 Å². The molecule has 0 aliphatic carbocycles. The fourth-order valence-corrected chi connectivity index (χ4v) is 3.16. The second-order valence-electron chi connectivity index (χ2n) is 6.63. The number of nitrogens with zero attached hydrogens (tertiary/aromatic N) is 1. The van der Waals surface area contributed by atoms with Crippen molar-refractivity contribution >= 4 is 23.2 Å². The van der Waals surface area contributed by atoms with Gasteiger partial charge in [-0.1, -0.05) is 76.9 Å². The first-order valence-corrected chi connectivity index (χ1v) is 9.39. The molecule has 142 valence electrons. The highest BCUT2D eigenvalue weighted by atomic mass is 35.5. The van der Waals surface area contributed by atoms with E-state index in [9.17, 15) is 9.59 Å².